The van der Waals surface area contributed by atoms with Gasteiger partial charge in [0.25, 0.3) is 0 Å². The van der Waals surface area contributed by atoms with Gasteiger partial charge in [0.15, 0.2) is 0 Å². The molecule has 1 unspecified atom stereocenters. The third-order valence-corrected chi connectivity index (χ3v) is 2.31. The van der Waals surface area contributed by atoms with Crippen molar-refractivity contribution in [3.63, 3.8) is 0 Å². The van der Waals surface area contributed by atoms with Gasteiger partial charge in [-0.25, -0.2) is 0 Å². The van der Waals surface area contributed by atoms with Crippen molar-refractivity contribution < 1.29 is 14.6 Å². The summed E-state index contributed by atoms with van der Waals surface area (Å²) in [4.78, 5) is 11.7. The van der Waals surface area contributed by atoms with Crippen LogP contribution in [0.4, 0.5) is 0 Å². The quantitative estimate of drug-likeness (QED) is 0.641. The summed E-state index contributed by atoms with van der Waals surface area (Å²) in [6.45, 7) is 0.314. The molecule has 0 radical (unpaired) electrons. The van der Waals surface area contributed by atoms with Gasteiger partial charge in [0.2, 0.25) is 5.91 Å². The first-order valence-electron chi connectivity index (χ1n) is 5.40. The normalized spacial score (nSPS) is 14.1. The van der Waals surface area contributed by atoms with Crippen molar-refractivity contribution in [2.45, 2.75) is 12.1 Å². The van der Waals surface area contributed by atoms with E-state index in [0.717, 1.165) is 5.56 Å². The van der Waals surface area contributed by atoms with Crippen LogP contribution in [-0.4, -0.2) is 37.4 Å². The Kier molecular flexibility index (Phi) is 5.62. The number of carbonyl (C=O) groups excluding carboxylic acids is 1. The minimum Gasteiger partial charge on any atom is -0.389 e. The Balaban J connectivity index is 2.43. The Morgan fingerprint density at radius 2 is 2.12 bits per heavy atom. The zero-order chi connectivity index (χ0) is 12.7. The highest BCUT2D eigenvalue weighted by molar-refractivity contribution is 5.82. The Hall–Kier alpha value is -1.43. The summed E-state index contributed by atoms with van der Waals surface area (Å²) in [5, 5.41) is 11.9. The van der Waals surface area contributed by atoms with E-state index >= 15 is 0 Å². The molecule has 5 heteroatoms. The third-order valence-electron chi connectivity index (χ3n) is 2.31. The minimum atomic E-state index is -0.717. The molecule has 0 bridgehead atoms. The number of benzene rings is 1. The molecule has 0 aliphatic heterocycles. The summed E-state index contributed by atoms with van der Waals surface area (Å²) in [5.41, 5.74) is 6.52. The van der Waals surface area contributed by atoms with Crippen LogP contribution in [0.25, 0.3) is 0 Å². The molecule has 1 aromatic carbocycles. The number of aliphatic hydroxyl groups excluding tert-OH is 1. The Morgan fingerprint density at radius 1 is 1.47 bits per heavy atom. The van der Waals surface area contributed by atoms with E-state index in [1.165, 1.54) is 7.11 Å². The topological polar surface area (TPSA) is 84.6 Å². The van der Waals surface area contributed by atoms with Gasteiger partial charge in [0.05, 0.1) is 12.7 Å². The molecular weight excluding hydrogens is 220 g/mol. The standard InChI is InChI=1S/C12H18N2O3/c1-17-8-10(15)7-14-12(16)11(13)9-5-3-2-4-6-9/h2-6,10-11,15H,7-8,13H2,1H3,(H,14,16)/t10?,11-/m1/s1. The van der Waals surface area contributed by atoms with E-state index < -0.39 is 12.1 Å². The maximum Gasteiger partial charge on any atom is 0.241 e. The second kappa shape index (κ2) is 7.01. The third kappa shape index (κ3) is 4.52. The van der Waals surface area contributed by atoms with E-state index in [-0.39, 0.29) is 19.1 Å². The summed E-state index contributed by atoms with van der Waals surface area (Å²) in [7, 11) is 1.49. The number of aliphatic hydroxyl groups is 1. The second-order valence-corrected chi connectivity index (χ2v) is 3.74. The van der Waals surface area contributed by atoms with Crippen molar-refractivity contribution in [3.05, 3.63) is 35.9 Å². The molecule has 1 amide bonds. The fraction of sp³-hybridized carbons (Fsp3) is 0.417. The number of ether oxygens (including phenoxy) is 1. The lowest BCUT2D eigenvalue weighted by Crippen LogP contribution is -2.39. The molecule has 0 fully saturated rings. The molecule has 5 nitrogen and oxygen atoms in total. The number of methoxy groups -OCH3 is 1. The van der Waals surface area contributed by atoms with Crippen LogP contribution in [0.15, 0.2) is 30.3 Å². The lowest BCUT2D eigenvalue weighted by Gasteiger charge is -2.14. The number of amides is 1. The molecule has 4 N–H and O–H groups in total. The molecule has 1 aromatic rings. The highest BCUT2D eigenvalue weighted by atomic mass is 16.5. The van der Waals surface area contributed by atoms with E-state index in [1.807, 2.05) is 18.2 Å². The van der Waals surface area contributed by atoms with Crippen LogP contribution >= 0.6 is 0 Å². The molecular formula is C12H18N2O3. The molecule has 0 heterocycles. The van der Waals surface area contributed by atoms with E-state index in [2.05, 4.69) is 5.32 Å². The Bertz CT molecular complexity index is 343. The second-order valence-electron chi connectivity index (χ2n) is 3.74. The van der Waals surface area contributed by atoms with E-state index in [4.69, 9.17) is 10.5 Å². The van der Waals surface area contributed by atoms with Crippen molar-refractivity contribution in [1.82, 2.24) is 5.32 Å². The average molecular weight is 238 g/mol. The minimum absolute atomic E-state index is 0.132. The molecule has 0 aliphatic carbocycles. The predicted molar refractivity (Wildman–Crippen MR) is 64.3 cm³/mol. The van der Waals surface area contributed by atoms with E-state index in [9.17, 15) is 9.90 Å². The van der Waals surface area contributed by atoms with Gasteiger partial charge in [0.1, 0.15) is 6.04 Å². The molecule has 2 atom stereocenters. The lowest BCUT2D eigenvalue weighted by atomic mass is 10.1. The van der Waals surface area contributed by atoms with Crippen molar-refractivity contribution in [2.24, 2.45) is 5.73 Å². The number of nitrogens with two attached hydrogens (primary N) is 1. The predicted octanol–water partition coefficient (Wildman–Crippen LogP) is -0.190. The summed E-state index contributed by atoms with van der Waals surface area (Å²) in [6.07, 6.45) is -0.716. The van der Waals surface area contributed by atoms with Crippen molar-refractivity contribution in [2.75, 3.05) is 20.3 Å². The smallest absolute Gasteiger partial charge is 0.241 e. The van der Waals surface area contributed by atoms with Gasteiger partial charge in [-0.1, -0.05) is 30.3 Å². The van der Waals surface area contributed by atoms with Gasteiger partial charge in [-0.3, -0.25) is 4.79 Å². The van der Waals surface area contributed by atoms with E-state index in [0.29, 0.717) is 0 Å². The average Bonchev–Trinajstić information content (AvgIpc) is 2.36. The molecule has 0 saturated carbocycles. The zero-order valence-electron chi connectivity index (χ0n) is 9.80. The first-order chi connectivity index (χ1) is 8.15. The highest BCUT2D eigenvalue weighted by Gasteiger charge is 2.16. The first-order valence-corrected chi connectivity index (χ1v) is 5.40. The van der Waals surface area contributed by atoms with Crippen molar-refractivity contribution >= 4 is 5.91 Å². The first kappa shape index (κ1) is 13.6. The molecule has 1 rings (SSSR count). The number of hydrogen-bond acceptors (Lipinski definition) is 4. The van der Waals surface area contributed by atoms with Gasteiger partial charge < -0.3 is 20.9 Å². The largest absolute Gasteiger partial charge is 0.389 e. The van der Waals surface area contributed by atoms with Gasteiger partial charge in [-0.05, 0) is 5.56 Å². The molecule has 0 aromatic heterocycles. The van der Waals surface area contributed by atoms with Crippen LogP contribution in [0.1, 0.15) is 11.6 Å². The summed E-state index contributed by atoms with van der Waals surface area (Å²) < 4.78 is 4.75. The molecule has 0 spiro atoms. The number of rotatable bonds is 6. The van der Waals surface area contributed by atoms with Crippen LogP contribution in [-0.2, 0) is 9.53 Å². The monoisotopic (exact) mass is 238 g/mol. The fourth-order valence-electron chi connectivity index (χ4n) is 1.39. The van der Waals surface area contributed by atoms with Crippen LogP contribution in [0.2, 0.25) is 0 Å². The van der Waals surface area contributed by atoms with Gasteiger partial charge in [-0.2, -0.15) is 0 Å². The van der Waals surface area contributed by atoms with Crippen LogP contribution in [0.5, 0.6) is 0 Å². The Labute approximate surface area is 101 Å². The number of carbonyl (C=O) groups is 1. The maximum absolute atomic E-state index is 11.7. The summed E-state index contributed by atoms with van der Waals surface area (Å²) in [5.74, 6) is -0.314. The molecule has 94 valence electrons. The SMILES string of the molecule is COCC(O)CNC(=O)[C@H](N)c1ccccc1. The highest BCUT2D eigenvalue weighted by Crippen LogP contribution is 2.08. The summed E-state index contributed by atoms with van der Waals surface area (Å²) >= 11 is 0. The zero-order valence-corrected chi connectivity index (χ0v) is 9.80. The van der Waals surface area contributed by atoms with Crippen LogP contribution < -0.4 is 11.1 Å². The van der Waals surface area contributed by atoms with Gasteiger partial charge in [-0.15, -0.1) is 0 Å². The van der Waals surface area contributed by atoms with Gasteiger partial charge in [0, 0.05) is 13.7 Å². The molecule has 17 heavy (non-hydrogen) atoms. The van der Waals surface area contributed by atoms with Crippen molar-refractivity contribution in [1.29, 1.82) is 0 Å². The van der Waals surface area contributed by atoms with Crippen LogP contribution in [0.3, 0.4) is 0 Å². The Morgan fingerprint density at radius 3 is 2.71 bits per heavy atom. The van der Waals surface area contributed by atoms with Crippen molar-refractivity contribution in [3.8, 4) is 0 Å². The fourth-order valence-corrected chi connectivity index (χ4v) is 1.39. The number of nitrogens with one attached hydrogen (secondary N) is 1. The molecule has 0 saturated heterocycles. The molecule has 0 aliphatic rings. The summed E-state index contributed by atoms with van der Waals surface area (Å²) in [6, 6.07) is 8.36. The maximum atomic E-state index is 11.7. The van der Waals surface area contributed by atoms with E-state index in [1.54, 1.807) is 12.1 Å². The number of hydrogen-bond donors (Lipinski definition) is 3. The lowest BCUT2D eigenvalue weighted by molar-refractivity contribution is -0.123. The van der Waals surface area contributed by atoms with Crippen LogP contribution in [0, 0.1) is 0 Å². The van der Waals surface area contributed by atoms with Gasteiger partial charge >= 0.3 is 0 Å².